The Hall–Kier alpha value is -2.92. The summed E-state index contributed by atoms with van der Waals surface area (Å²) in [4.78, 5) is 10.2. The van der Waals surface area contributed by atoms with Crippen molar-refractivity contribution in [2.24, 2.45) is 0 Å². The highest BCUT2D eigenvalue weighted by Crippen LogP contribution is 2.40. The number of hydrogen-bond acceptors (Lipinski definition) is 4. The normalized spacial score (nSPS) is 11.8. The number of fused-ring (bicyclic) bond motifs is 1. The number of nitrogens with zero attached hydrogens (tertiary/aromatic N) is 2. The molecule has 5 heteroatoms. The standard InChI is InChI=1S/C32H39BrN4/c1-18(2)23-12-11-13-24(19(3)4)29(23)36-31-32(35-28-15-10-9-14-27(28)34-31)37-30-25(20(5)6)16-22(33)17-26(30)21(7)8/h9-21H,1-8H3,(H,34,36)(H,35,37). The summed E-state index contributed by atoms with van der Waals surface area (Å²) in [5, 5.41) is 7.50. The Morgan fingerprint density at radius 1 is 0.541 bits per heavy atom. The molecule has 1 heterocycles. The summed E-state index contributed by atoms with van der Waals surface area (Å²) >= 11 is 3.74. The predicted octanol–water partition coefficient (Wildman–Crippen LogP) is 10.4. The summed E-state index contributed by atoms with van der Waals surface area (Å²) in [7, 11) is 0. The molecule has 3 aromatic carbocycles. The summed E-state index contributed by atoms with van der Waals surface area (Å²) in [5.74, 6) is 2.90. The van der Waals surface area contributed by atoms with Crippen molar-refractivity contribution in [2.45, 2.75) is 79.1 Å². The second-order valence-corrected chi connectivity index (χ2v) is 12.0. The molecule has 0 aliphatic rings. The van der Waals surface area contributed by atoms with Gasteiger partial charge >= 0.3 is 0 Å². The lowest BCUT2D eigenvalue weighted by molar-refractivity contribution is 0.835. The molecule has 4 aromatic rings. The van der Waals surface area contributed by atoms with Gasteiger partial charge in [0.1, 0.15) is 0 Å². The Bertz CT molecular complexity index is 1350. The van der Waals surface area contributed by atoms with E-state index in [0.717, 1.165) is 38.5 Å². The lowest BCUT2D eigenvalue weighted by Gasteiger charge is -2.24. The SMILES string of the molecule is CC(C)c1cccc(C(C)C)c1Nc1nc2ccccc2nc1Nc1c(C(C)C)cc(Br)cc1C(C)C. The van der Waals surface area contributed by atoms with Crippen molar-refractivity contribution in [1.29, 1.82) is 0 Å². The molecular weight excluding hydrogens is 520 g/mol. The molecule has 0 saturated heterocycles. The maximum Gasteiger partial charge on any atom is 0.174 e. The van der Waals surface area contributed by atoms with Gasteiger partial charge in [-0.2, -0.15) is 0 Å². The van der Waals surface area contributed by atoms with Crippen LogP contribution in [-0.4, -0.2) is 9.97 Å². The number of rotatable bonds is 8. The molecule has 194 valence electrons. The molecule has 0 atom stereocenters. The van der Waals surface area contributed by atoms with Crippen LogP contribution in [0.2, 0.25) is 0 Å². The molecule has 2 N–H and O–H groups in total. The first-order valence-corrected chi connectivity index (χ1v) is 14.1. The zero-order valence-corrected chi connectivity index (χ0v) is 24.9. The molecule has 0 spiro atoms. The van der Waals surface area contributed by atoms with Crippen LogP contribution in [0.25, 0.3) is 11.0 Å². The highest BCUT2D eigenvalue weighted by Gasteiger charge is 2.21. The molecule has 0 fully saturated rings. The van der Waals surface area contributed by atoms with Gasteiger partial charge in [0, 0.05) is 15.8 Å². The molecule has 0 amide bonds. The summed E-state index contributed by atoms with van der Waals surface area (Å²) in [5.41, 5.74) is 9.04. The van der Waals surface area contributed by atoms with Crippen molar-refractivity contribution in [3.63, 3.8) is 0 Å². The van der Waals surface area contributed by atoms with E-state index >= 15 is 0 Å². The van der Waals surface area contributed by atoms with Gasteiger partial charge in [-0.25, -0.2) is 9.97 Å². The Morgan fingerprint density at radius 2 is 0.919 bits per heavy atom. The van der Waals surface area contributed by atoms with Crippen molar-refractivity contribution >= 4 is 50.0 Å². The number of para-hydroxylation sites is 3. The second kappa shape index (κ2) is 11.2. The summed E-state index contributed by atoms with van der Waals surface area (Å²) in [6.07, 6.45) is 0. The van der Waals surface area contributed by atoms with Crippen molar-refractivity contribution in [3.8, 4) is 0 Å². The van der Waals surface area contributed by atoms with E-state index in [4.69, 9.17) is 9.97 Å². The number of halogens is 1. The van der Waals surface area contributed by atoms with Crippen LogP contribution in [0.5, 0.6) is 0 Å². The maximum atomic E-state index is 5.09. The fraction of sp³-hybridized carbons (Fsp3) is 0.375. The maximum absolute atomic E-state index is 5.09. The van der Waals surface area contributed by atoms with Crippen LogP contribution in [0, 0.1) is 0 Å². The minimum atomic E-state index is 0.344. The first kappa shape index (κ1) is 27.1. The highest BCUT2D eigenvalue weighted by atomic mass is 79.9. The van der Waals surface area contributed by atoms with Crippen LogP contribution < -0.4 is 10.6 Å². The monoisotopic (exact) mass is 558 g/mol. The van der Waals surface area contributed by atoms with Gasteiger partial charge in [-0.3, -0.25) is 0 Å². The third kappa shape index (κ3) is 5.82. The van der Waals surface area contributed by atoms with Gasteiger partial charge in [0.05, 0.1) is 11.0 Å². The van der Waals surface area contributed by atoms with Crippen LogP contribution in [0.1, 0.15) is 101 Å². The minimum Gasteiger partial charge on any atom is -0.337 e. The number of nitrogens with one attached hydrogen (secondary N) is 2. The predicted molar refractivity (Wildman–Crippen MR) is 163 cm³/mol. The molecule has 4 rings (SSSR count). The van der Waals surface area contributed by atoms with Gasteiger partial charge < -0.3 is 10.6 Å². The van der Waals surface area contributed by atoms with Crippen LogP contribution >= 0.6 is 15.9 Å². The van der Waals surface area contributed by atoms with Crippen LogP contribution in [0.4, 0.5) is 23.0 Å². The minimum absolute atomic E-state index is 0.344. The zero-order chi connectivity index (χ0) is 26.9. The molecule has 0 saturated carbocycles. The quantitative estimate of drug-likeness (QED) is 0.225. The molecule has 0 unspecified atom stereocenters. The van der Waals surface area contributed by atoms with Crippen LogP contribution in [0.15, 0.2) is 59.1 Å². The van der Waals surface area contributed by atoms with Gasteiger partial charge in [-0.05, 0) is 70.2 Å². The smallest absolute Gasteiger partial charge is 0.174 e. The Kier molecular flexibility index (Phi) is 8.23. The summed E-state index contributed by atoms with van der Waals surface area (Å²) in [6.45, 7) is 17.9. The number of anilines is 4. The third-order valence-corrected chi connectivity index (χ3v) is 7.30. The van der Waals surface area contributed by atoms with E-state index in [9.17, 15) is 0 Å². The average Bonchev–Trinajstić information content (AvgIpc) is 2.84. The van der Waals surface area contributed by atoms with E-state index in [1.165, 1.54) is 22.3 Å². The number of hydrogen-bond donors (Lipinski definition) is 2. The van der Waals surface area contributed by atoms with E-state index in [1.807, 2.05) is 24.3 Å². The van der Waals surface area contributed by atoms with Crippen molar-refractivity contribution in [2.75, 3.05) is 10.6 Å². The first-order valence-electron chi connectivity index (χ1n) is 13.3. The fourth-order valence-electron chi connectivity index (χ4n) is 4.81. The van der Waals surface area contributed by atoms with E-state index in [1.54, 1.807) is 0 Å². The first-order chi connectivity index (χ1) is 17.6. The molecule has 1 aromatic heterocycles. The molecule has 4 nitrogen and oxygen atoms in total. The van der Waals surface area contributed by atoms with E-state index in [0.29, 0.717) is 23.7 Å². The molecule has 0 radical (unpaired) electrons. The van der Waals surface area contributed by atoms with Crippen molar-refractivity contribution in [3.05, 3.63) is 81.3 Å². The van der Waals surface area contributed by atoms with Crippen LogP contribution in [-0.2, 0) is 0 Å². The largest absolute Gasteiger partial charge is 0.337 e. The fourth-order valence-corrected chi connectivity index (χ4v) is 5.30. The summed E-state index contributed by atoms with van der Waals surface area (Å²) in [6, 6.07) is 19.1. The molecule has 0 aliphatic heterocycles. The lowest BCUT2D eigenvalue weighted by Crippen LogP contribution is -2.10. The summed E-state index contributed by atoms with van der Waals surface area (Å²) < 4.78 is 1.10. The highest BCUT2D eigenvalue weighted by molar-refractivity contribution is 9.10. The van der Waals surface area contributed by atoms with Gasteiger partial charge in [0.25, 0.3) is 0 Å². The van der Waals surface area contributed by atoms with Gasteiger partial charge in [-0.15, -0.1) is 0 Å². The molecule has 37 heavy (non-hydrogen) atoms. The number of benzene rings is 3. The molecular formula is C32H39BrN4. The van der Waals surface area contributed by atoms with Gasteiger partial charge in [0.2, 0.25) is 0 Å². The Labute approximate surface area is 230 Å². The molecule has 0 aliphatic carbocycles. The molecule has 0 bridgehead atoms. The van der Waals surface area contributed by atoms with E-state index < -0.39 is 0 Å². The Balaban J connectivity index is 1.94. The van der Waals surface area contributed by atoms with E-state index in [2.05, 4.69) is 112 Å². The lowest BCUT2D eigenvalue weighted by atomic mass is 9.92. The van der Waals surface area contributed by atoms with Crippen LogP contribution in [0.3, 0.4) is 0 Å². The second-order valence-electron chi connectivity index (χ2n) is 11.0. The Morgan fingerprint density at radius 3 is 1.30 bits per heavy atom. The number of aromatic nitrogens is 2. The zero-order valence-electron chi connectivity index (χ0n) is 23.3. The van der Waals surface area contributed by atoms with Gasteiger partial charge in [-0.1, -0.05) is 102 Å². The topological polar surface area (TPSA) is 49.8 Å². The average molecular weight is 560 g/mol. The van der Waals surface area contributed by atoms with E-state index in [-0.39, 0.29) is 0 Å². The third-order valence-electron chi connectivity index (χ3n) is 6.84. The van der Waals surface area contributed by atoms with Gasteiger partial charge in [0.15, 0.2) is 11.6 Å². The van der Waals surface area contributed by atoms with Crippen molar-refractivity contribution < 1.29 is 0 Å². The van der Waals surface area contributed by atoms with Crippen molar-refractivity contribution in [1.82, 2.24) is 9.97 Å².